The lowest BCUT2D eigenvalue weighted by atomic mass is 9.81. The number of methoxy groups -OCH3 is 1. The molecule has 146 valence electrons. The van der Waals surface area contributed by atoms with E-state index in [0.717, 1.165) is 12.8 Å². The summed E-state index contributed by atoms with van der Waals surface area (Å²) in [7, 11) is 1.29. The van der Waals surface area contributed by atoms with Gasteiger partial charge in [0.15, 0.2) is 0 Å². The fraction of sp³-hybridized carbons (Fsp3) is 0.889. The monoisotopic (exact) mass is 358 g/mol. The maximum atomic E-state index is 12.2. The van der Waals surface area contributed by atoms with Gasteiger partial charge in [-0.3, -0.25) is 4.79 Å². The van der Waals surface area contributed by atoms with Gasteiger partial charge in [0.2, 0.25) is 0 Å². The molecule has 0 spiro atoms. The Morgan fingerprint density at radius 1 is 1.28 bits per heavy atom. The van der Waals surface area contributed by atoms with Crippen LogP contribution in [0.2, 0.25) is 0 Å². The maximum absolute atomic E-state index is 12.2. The summed E-state index contributed by atoms with van der Waals surface area (Å²) in [6, 6.07) is -0.774. The van der Waals surface area contributed by atoms with Gasteiger partial charge in [0.1, 0.15) is 5.60 Å². The minimum Gasteiger partial charge on any atom is -0.469 e. The number of hydrogen-bond donors (Lipinski definition) is 3. The van der Waals surface area contributed by atoms with Crippen molar-refractivity contribution in [3.63, 3.8) is 0 Å². The summed E-state index contributed by atoms with van der Waals surface area (Å²) in [6.07, 6.45) is 0.484. The van der Waals surface area contributed by atoms with Gasteiger partial charge in [-0.25, -0.2) is 4.79 Å². The first-order valence-electron chi connectivity index (χ1n) is 9.06. The van der Waals surface area contributed by atoms with Gasteiger partial charge in [-0.15, -0.1) is 0 Å². The maximum Gasteiger partial charge on any atom is 0.407 e. The normalized spacial score (nSPS) is 27.9. The number of alkyl carbamates (subject to hydrolysis) is 1. The van der Waals surface area contributed by atoms with Crippen LogP contribution in [0.4, 0.5) is 4.79 Å². The second kappa shape index (κ2) is 8.85. The Balaban J connectivity index is 3.00. The summed E-state index contributed by atoms with van der Waals surface area (Å²) in [4.78, 5) is 24.2. The molecule has 1 aliphatic rings. The molecule has 0 radical (unpaired) electrons. The van der Waals surface area contributed by atoms with E-state index in [1.165, 1.54) is 7.11 Å². The molecule has 0 saturated heterocycles. The summed E-state index contributed by atoms with van der Waals surface area (Å²) >= 11 is 0. The molecule has 1 rings (SSSR count). The van der Waals surface area contributed by atoms with E-state index >= 15 is 0 Å². The molecule has 0 heterocycles. The first-order valence-corrected chi connectivity index (χ1v) is 9.06. The Bertz CT molecular complexity index is 459. The van der Waals surface area contributed by atoms with Gasteiger partial charge in [-0.1, -0.05) is 26.7 Å². The van der Waals surface area contributed by atoms with Crippen molar-refractivity contribution in [3.8, 4) is 0 Å². The summed E-state index contributed by atoms with van der Waals surface area (Å²) in [6.45, 7) is 9.43. The zero-order valence-electron chi connectivity index (χ0n) is 16.2. The van der Waals surface area contributed by atoms with Crippen LogP contribution in [-0.2, 0) is 14.3 Å². The Morgan fingerprint density at radius 3 is 2.28 bits per heavy atom. The third kappa shape index (κ3) is 5.57. The van der Waals surface area contributed by atoms with E-state index in [1.807, 2.05) is 13.8 Å². The molecule has 7 heteroatoms. The van der Waals surface area contributed by atoms with Gasteiger partial charge >= 0.3 is 12.1 Å². The van der Waals surface area contributed by atoms with Crippen LogP contribution >= 0.6 is 0 Å². The number of aliphatic hydroxyl groups is 1. The molecule has 4 N–H and O–H groups in total. The smallest absolute Gasteiger partial charge is 0.407 e. The van der Waals surface area contributed by atoms with Gasteiger partial charge in [0.05, 0.1) is 19.1 Å². The molecular formula is C18H34N2O5. The minimum atomic E-state index is -0.956. The summed E-state index contributed by atoms with van der Waals surface area (Å²) < 4.78 is 10.1. The molecule has 1 aliphatic carbocycles. The Hall–Kier alpha value is -1.34. The Kier molecular flexibility index (Phi) is 7.68. The van der Waals surface area contributed by atoms with Crippen LogP contribution in [0.5, 0.6) is 0 Å². The number of hydrogen-bond acceptors (Lipinski definition) is 6. The topological polar surface area (TPSA) is 111 Å². The van der Waals surface area contributed by atoms with Crippen LogP contribution in [0.3, 0.4) is 0 Å². The van der Waals surface area contributed by atoms with E-state index in [2.05, 4.69) is 5.32 Å². The van der Waals surface area contributed by atoms with Crippen molar-refractivity contribution in [2.24, 2.45) is 23.5 Å². The predicted octanol–water partition coefficient (Wildman–Crippen LogP) is 1.81. The number of carbonyl (C=O) groups excluding carboxylic acids is 2. The largest absolute Gasteiger partial charge is 0.469 e. The first kappa shape index (κ1) is 21.7. The minimum absolute atomic E-state index is 0.194. The van der Waals surface area contributed by atoms with E-state index in [4.69, 9.17) is 15.2 Å². The lowest BCUT2D eigenvalue weighted by molar-refractivity contribution is -0.149. The van der Waals surface area contributed by atoms with E-state index in [9.17, 15) is 14.7 Å². The SMILES string of the molecule is CCC(CC)[C@H](N)[C@H]1[C@@H](O)[C@H](C(=O)OC)C[C@@H]1NC(=O)OC(C)(C)C. The van der Waals surface area contributed by atoms with Gasteiger partial charge in [-0.2, -0.15) is 0 Å². The van der Waals surface area contributed by atoms with Crippen molar-refractivity contribution in [1.82, 2.24) is 5.32 Å². The van der Waals surface area contributed by atoms with Crippen molar-refractivity contribution < 1.29 is 24.2 Å². The first-order chi connectivity index (χ1) is 11.6. The molecule has 1 saturated carbocycles. The Morgan fingerprint density at radius 2 is 1.84 bits per heavy atom. The highest BCUT2D eigenvalue weighted by molar-refractivity contribution is 5.74. The van der Waals surface area contributed by atoms with E-state index in [1.54, 1.807) is 20.8 Å². The molecule has 7 nitrogen and oxygen atoms in total. The van der Waals surface area contributed by atoms with Crippen LogP contribution in [0.1, 0.15) is 53.9 Å². The summed E-state index contributed by atoms with van der Waals surface area (Å²) in [5, 5.41) is 13.5. The van der Waals surface area contributed by atoms with E-state index < -0.39 is 41.6 Å². The highest BCUT2D eigenvalue weighted by Gasteiger charge is 2.50. The van der Waals surface area contributed by atoms with Crippen molar-refractivity contribution in [2.75, 3.05) is 7.11 Å². The van der Waals surface area contributed by atoms with Crippen LogP contribution < -0.4 is 11.1 Å². The number of rotatable bonds is 6. The molecule has 1 fully saturated rings. The Labute approximate surface area is 150 Å². The molecule has 0 aromatic rings. The number of nitrogens with one attached hydrogen (secondary N) is 1. The third-order valence-corrected chi connectivity index (χ3v) is 5.02. The van der Waals surface area contributed by atoms with Gasteiger partial charge < -0.3 is 25.6 Å². The highest BCUT2D eigenvalue weighted by Crippen LogP contribution is 2.37. The number of aliphatic hydroxyl groups excluding tert-OH is 1. The lowest BCUT2D eigenvalue weighted by Crippen LogP contribution is -2.51. The fourth-order valence-electron chi connectivity index (χ4n) is 3.72. The van der Waals surface area contributed by atoms with Crippen molar-refractivity contribution in [2.45, 2.75) is 77.7 Å². The van der Waals surface area contributed by atoms with Gasteiger partial charge in [0, 0.05) is 18.0 Å². The molecule has 0 aromatic heterocycles. The number of carbonyl (C=O) groups is 2. The number of ether oxygens (including phenoxy) is 2. The second-order valence-corrected chi connectivity index (χ2v) is 7.84. The summed E-state index contributed by atoms with van der Waals surface area (Å²) in [5.41, 5.74) is 5.80. The van der Waals surface area contributed by atoms with Crippen molar-refractivity contribution in [1.29, 1.82) is 0 Å². The molecule has 0 aromatic carbocycles. The van der Waals surface area contributed by atoms with Crippen molar-refractivity contribution in [3.05, 3.63) is 0 Å². The zero-order chi connectivity index (χ0) is 19.4. The zero-order valence-corrected chi connectivity index (χ0v) is 16.2. The average Bonchev–Trinajstić information content (AvgIpc) is 2.81. The average molecular weight is 358 g/mol. The fourth-order valence-corrected chi connectivity index (χ4v) is 3.72. The molecule has 5 atom stereocenters. The van der Waals surface area contributed by atoms with E-state index in [-0.39, 0.29) is 18.4 Å². The molecule has 0 aliphatic heterocycles. The van der Waals surface area contributed by atoms with Crippen LogP contribution in [-0.4, -0.2) is 48.1 Å². The molecular weight excluding hydrogens is 324 g/mol. The summed E-state index contributed by atoms with van der Waals surface area (Å²) in [5.74, 6) is -1.42. The molecule has 0 unspecified atom stereocenters. The van der Waals surface area contributed by atoms with Crippen molar-refractivity contribution >= 4 is 12.1 Å². The van der Waals surface area contributed by atoms with Crippen LogP contribution in [0.25, 0.3) is 0 Å². The molecule has 25 heavy (non-hydrogen) atoms. The van der Waals surface area contributed by atoms with Gasteiger partial charge in [0.25, 0.3) is 0 Å². The number of amides is 1. The molecule has 0 bridgehead atoms. The van der Waals surface area contributed by atoms with E-state index in [0.29, 0.717) is 0 Å². The predicted molar refractivity (Wildman–Crippen MR) is 94.8 cm³/mol. The molecule has 1 amide bonds. The number of nitrogens with two attached hydrogens (primary N) is 1. The van der Waals surface area contributed by atoms with Crippen LogP contribution in [0.15, 0.2) is 0 Å². The second-order valence-electron chi connectivity index (χ2n) is 7.84. The van der Waals surface area contributed by atoms with Gasteiger partial charge in [-0.05, 0) is 33.1 Å². The third-order valence-electron chi connectivity index (χ3n) is 5.02. The quantitative estimate of drug-likeness (QED) is 0.625. The standard InChI is InChI=1S/C18H34N2O5/c1-7-10(8-2)14(19)13-12(20-17(23)25-18(3,4)5)9-11(15(13)21)16(22)24-6/h10-15,21H,7-9,19H2,1-6H3,(H,20,23)/t11-,12+,13+,14+,15+/m1/s1. The highest BCUT2D eigenvalue weighted by atomic mass is 16.6. The van der Waals surface area contributed by atoms with Crippen LogP contribution in [0, 0.1) is 17.8 Å². The number of esters is 1. The lowest BCUT2D eigenvalue weighted by Gasteiger charge is -2.33.